The van der Waals surface area contributed by atoms with Gasteiger partial charge in [-0.1, -0.05) is 0 Å². The van der Waals surface area contributed by atoms with Crippen LogP contribution < -0.4 is 47.8 Å². The van der Waals surface area contributed by atoms with Crippen molar-refractivity contribution in [2.24, 2.45) is 0 Å². The Bertz CT molecular complexity index is 1750. The van der Waals surface area contributed by atoms with Crippen LogP contribution in [0.2, 0.25) is 39.3 Å². The van der Waals surface area contributed by atoms with Crippen molar-refractivity contribution in [3.05, 3.63) is 158 Å². The second-order valence-corrected chi connectivity index (χ2v) is 30.0. The molecule has 51 heavy (non-hydrogen) atoms. The molecule has 0 aromatic heterocycles. The number of benzene rings is 6. The van der Waals surface area contributed by atoms with Gasteiger partial charge in [0.25, 0.3) is 0 Å². The van der Waals surface area contributed by atoms with Crippen molar-refractivity contribution in [1.82, 2.24) is 0 Å². The second kappa shape index (κ2) is 18.6. The van der Waals surface area contributed by atoms with E-state index in [1.165, 1.54) is 42.2 Å². The maximum Gasteiger partial charge on any atom is -0.147 e. The normalized spacial score (nSPS) is 11.4. The number of rotatable bonds is 12. The Kier molecular flexibility index (Phi) is 15.1. The maximum absolute atomic E-state index is 7.16. The molecular formula is C42H46Cl2O2P2Si2Zr. The molecule has 0 unspecified atom stereocenters. The quantitative estimate of drug-likeness (QED) is 0.0909. The number of halogens is 2. The Morgan fingerprint density at radius 2 is 0.647 bits per heavy atom. The summed E-state index contributed by atoms with van der Waals surface area (Å²) in [6.07, 6.45) is 0. The van der Waals surface area contributed by atoms with Crippen molar-refractivity contribution < 1.29 is 29.7 Å². The van der Waals surface area contributed by atoms with Crippen LogP contribution in [0.4, 0.5) is 0 Å². The first-order valence-electron chi connectivity index (χ1n) is 16.8. The van der Waals surface area contributed by atoms with Gasteiger partial charge < -0.3 is 0 Å². The second-order valence-electron chi connectivity index (χ2n) is 14.1. The van der Waals surface area contributed by atoms with Gasteiger partial charge in [-0.25, -0.2) is 0 Å². The molecule has 6 aromatic carbocycles. The Labute approximate surface area is 334 Å². The average Bonchev–Trinajstić information content (AvgIpc) is 3.10. The minimum absolute atomic E-state index is 0. The fraction of sp³-hybridized carbons (Fsp3) is 0.143. The van der Waals surface area contributed by atoms with E-state index in [4.69, 9.17) is 5.63 Å². The molecule has 0 fully saturated rings. The summed E-state index contributed by atoms with van der Waals surface area (Å²) in [5.41, 5.74) is 0. The van der Waals surface area contributed by atoms with Crippen molar-refractivity contribution in [1.29, 1.82) is 0 Å². The average molecular weight is 863 g/mol. The number of hydrogen-bond donors (Lipinski definition) is 0. The molecule has 0 saturated heterocycles. The molecule has 0 amide bonds. The van der Waals surface area contributed by atoms with E-state index in [0.29, 0.717) is 0 Å². The summed E-state index contributed by atoms with van der Waals surface area (Å²) in [4.78, 5) is 0. The maximum atomic E-state index is 7.16. The predicted molar refractivity (Wildman–Crippen MR) is 232 cm³/mol. The summed E-state index contributed by atoms with van der Waals surface area (Å²) < 4.78 is 14.3. The first-order valence-corrected chi connectivity index (χ1v) is 28.5. The molecule has 6 aromatic rings. The van der Waals surface area contributed by atoms with Crippen LogP contribution >= 0.6 is 40.7 Å². The van der Waals surface area contributed by atoms with Gasteiger partial charge in [0, 0.05) is 0 Å². The Balaban J connectivity index is 0.00000292. The van der Waals surface area contributed by atoms with Crippen LogP contribution in [0.1, 0.15) is 0 Å². The summed E-state index contributed by atoms with van der Waals surface area (Å²) in [5.74, 6) is 2.13. The fourth-order valence-corrected chi connectivity index (χ4v) is 16.5. The Morgan fingerprint density at radius 3 is 0.902 bits per heavy atom. The van der Waals surface area contributed by atoms with Gasteiger partial charge in [-0.2, -0.15) is 0 Å². The molecule has 9 heteroatoms. The molecule has 0 radical (unpaired) electrons. The number of para-hydroxylation sites is 2. The standard InChI is InChI=1S/2C21H23OPSi.2ClH.Zr/c2*1-24(2,3)20-16-10-15-19(21(20)22)23(17-11-6-4-7-12-17)18-13-8-5-9-14-18;;;/h2*4-16,22H,1-3H3;2*1H;/q;;;;+2/p-2. The van der Waals surface area contributed by atoms with Crippen LogP contribution in [-0.4, -0.2) is 16.1 Å². The van der Waals surface area contributed by atoms with E-state index < -0.39 is 56.1 Å². The van der Waals surface area contributed by atoms with Gasteiger partial charge in [0.2, 0.25) is 0 Å². The van der Waals surface area contributed by atoms with Crippen molar-refractivity contribution in [3.8, 4) is 11.5 Å². The van der Waals surface area contributed by atoms with Gasteiger partial charge in [0.15, 0.2) is 0 Å². The van der Waals surface area contributed by atoms with E-state index in [2.05, 4.69) is 197 Å². The molecular weight excluding hydrogens is 817 g/mol. The van der Waals surface area contributed by atoms with Gasteiger partial charge in [0.05, 0.1) is 0 Å². The van der Waals surface area contributed by atoms with Gasteiger partial charge in [-0.05, 0) is 0 Å². The van der Waals surface area contributed by atoms with Crippen LogP contribution in [0.15, 0.2) is 158 Å². The van der Waals surface area contributed by atoms with E-state index in [-0.39, 0.29) is 24.8 Å². The fourth-order valence-electron chi connectivity index (χ4n) is 6.06. The largest absolute Gasteiger partial charge is 0.147 e. The molecule has 6 rings (SSSR count). The van der Waals surface area contributed by atoms with Crippen molar-refractivity contribution in [2.45, 2.75) is 39.3 Å². The minimum atomic E-state index is -1.87. The minimum Gasteiger partial charge on any atom is -0.147 e. The predicted octanol–water partition coefficient (Wildman–Crippen LogP) is 8.51. The first kappa shape index (κ1) is 41.4. The van der Waals surface area contributed by atoms with Gasteiger partial charge in [-0.3, -0.25) is 0 Å². The zero-order chi connectivity index (χ0) is 34.4. The monoisotopic (exact) mass is 860 g/mol. The van der Waals surface area contributed by atoms with E-state index >= 15 is 0 Å². The van der Waals surface area contributed by atoms with Crippen molar-refractivity contribution in [3.63, 3.8) is 0 Å². The van der Waals surface area contributed by atoms with E-state index in [1.54, 1.807) is 0 Å². The summed E-state index contributed by atoms with van der Waals surface area (Å²) in [6, 6.07) is 57.5. The number of hydrogen-bond acceptors (Lipinski definition) is 2. The summed E-state index contributed by atoms with van der Waals surface area (Å²) in [5, 5.41) is 10.6. The van der Waals surface area contributed by atoms with Gasteiger partial charge in [-0.15, -0.1) is 24.8 Å². The molecule has 0 aliphatic carbocycles. The summed E-state index contributed by atoms with van der Waals surface area (Å²) in [7, 11) is -5.20. The molecule has 0 aliphatic heterocycles. The SMILES string of the molecule is C[Si](C)(C)c1cccc(P(c2ccccc2)c2ccccc2)c1[O][Zr][O]c1c(P(c2ccccc2)c2ccccc2)cccc1[Si](C)(C)C.Cl.Cl. The molecule has 0 bridgehead atoms. The van der Waals surface area contributed by atoms with Crippen LogP contribution in [0.25, 0.3) is 0 Å². The molecule has 0 N–H and O–H groups in total. The van der Waals surface area contributed by atoms with Gasteiger partial charge in [0.1, 0.15) is 0 Å². The molecule has 0 heterocycles. The van der Waals surface area contributed by atoms with Crippen LogP contribution in [0.5, 0.6) is 11.5 Å². The molecule has 262 valence electrons. The molecule has 0 saturated carbocycles. The summed E-state index contributed by atoms with van der Waals surface area (Å²) >= 11 is -1.87. The van der Waals surface area contributed by atoms with Gasteiger partial charge >= 0.3 is 312 Å². The molecule has 2 nitrogen and oxygen atoms in total. The Morgan fingerprint density at radius 1 is 0.373 bits per heavy atom. The zero-order valence-electron chi connectivity index (χ0n) is 30.0. The third kappa shape index (κ3) is 10.0. The topological polar surface area (TPSA) is 18.5 Å². The molecule has 0 spiro atoms. The van der Waals surface area contributed by atoms with E-state index in [1.807, 2.05) is 0 Å². The Hall–Kier alpha value is -2.32. The van der Waals surface area contributed by atoms with Crippen LogP contribution in [-0.2, 0) is 24.1 Å². The molecule has 0 aliphatic rings. The van der Waals surface area contributed by atoms with Crippen LogP contribution in [0.3, 0.4) is 0 Å². The van der Waals surface area contributed by atoms with E-state index in [0.717, 1.165) is 11.5 Å². The zero-order valence-corrected chi connectivity index (χ0v) is 37.9. The third-order valence-electron chi connectivity index (χ3n) is 8.43. The first-order chi connectivity index (χ1) is 23.6. The van der Waals surface area contributed by atoms with Crippen LogP contribution in [0, 0.1) is 0 Å². The summed E-state index contributed by atoms with van der Waals surface area (Å²) in [6.45, 7) is 14.5. The van der Waals surface area contributed by atoms with Crippen molar-refractivity contribution >= 4 is 99.0 Å². The van der Waals surface area contributed by atoms with E-state index in [9.17, 15) is 0 Å². The third-order valence-corrected chi connectivity index (χ3v) is 18.8. The van der Waals surface area contributed by atoms with Crippen molar-refractivity contribution in [2.75, 3.05) is 0 Å². The molecule has 0 atom stereocenters. The smallest absolute Gasteiger partial charge is 0.147 e.